The molecule has 0 aliphatic heterocycles. The van der Waals surface area contributed by atoms with E-state index in [2.05, 4.69) is 5.32 Å². The SMILES string of the molecule is COc1ccc(Nc2cc(Cl)ccc2C#N)cc1F. The van der Waals surface area contributed by atoms with E-state index in [4.69, 9.17) is 21.6 Å². The van der Waals surface area contributed by atoms with Crippen molar-refractivity contribution >= 4 is 23.0 Å². The number of halogens is 2. The molecule has 0 spiro atoms. The summed E-state index contributed by atoms with van der Waals surface area (Å²) >= 11 is 5.88. The van der Waals surface area contributed by atoms with E-state index in [9.17, 15) is 4.39 Å². The molecule has 0 fully saturated rings. The standard InChI is InChI=1S/C14H10ClFN2O/c1-19-14-5-4-11(7-12(14)16)18-13-6-10(15)3-2-9(13)8-17/h2-7,18H,1H3. The third-order valence-corrected chi connectivity index (χ3v) is 2.77. The Kier molecular flexibility index (Phi) is 3.88. The molecule has 0 aromatic heterocycles. The van der Waals surface area contributed by atoms with E-state index in [1.165, 1.54) is 19.2 Å². The van der Waals surface area contributed by atoms with Gasteiger partial charge in [-0.05, 0) is 30.3 Å². The molecule has 3 nitrogen and oxygen atoms in total. The Balaban J connectivity index is 2.34. The van der Waals surface area contributed by atoms with E-state index in [0.29, 0.717) is 22.0 Å². The van der Waals surface area contributed by atoms with Crippen molar-refractivity contribution < 1.29 is 9.13 Å². The number of benzene rings is 2. The second-order valence-electron chi connectivity index (χ2n) is 3.78. The highest BCUT2D eigenvalue weighted by atomic mass is 35.5. The first-order valence-corrected chi connectivity index (χ1v) is 5.82. The van der Waals surface area contributed by atoms with Gasteiger partial charge in [-0.3, -0.25) is 0 Å². The van der Waals surface area contributed by atoms with Crippen LogP contribution in [0, 0.1) is 17.1 Å². The lowest BCUT2D eigenvalue weighted by atomic mass is 10.2. The van der Waals surface area contributed by atoms with Crippen molar-refractivity contribution in [2.45, 2.75) is 0 Å². The summed E-state index contributed by atoms with van der Waals surface area (Å²) < 4.78 is 18.4. The lowest BCUT2D eigenvalue weighted by Gasteiger charge is -2.10. The van der Waals surface area contributed by atoms with Gasteiger partial charge in [-0.1, -0.05) is 11.6 Å². The lowest BCUT2D eigenvalue weighted by Crippen LogP contribution is -1.95. The summed E-state index contributed by atoms with van der Waals surface area (Å²) in [5, 5.41) is 12.4. The first-order valence-electron chi connectivity index (χ1n) is 5.44. The Bertz CT molecular complexity index is 652. The first kappa shape index (κ1) is 13.2. The lowest BCUT2D eigenvalue weighted by molar-refractivity contribution is 0.386. The summed E-state index contributed by atoms with van der Waals surface area (Å²) in [5.74, 6) is -0.315. The Labute approximate surface area is 115 Å². The van der Waals surface area contributed by atoms with Crippen molar-refractivity contribution in [1.82, 2.24) is 0 Å². The molecule has 0 unspecified atom stereocenters. The third kappa shape index (κ3) is 2.95. The molecule has 2 aromatic rings. The molecule has 96 valence electrons. The number of nitriles is 1. The van der Waals surface area contributed by atoms with Gasteiger partial charge in [0.25, 0.3) is 0 Å². The fraction of sp³-hybridized carbons (Fsp3) is 0.0714. The number of nitrogens with one attached hydrogen (secondary N) is 1. The number of ether oxygens (including phenoxy) is 1. The molecule has 0 atom stereocenters. The highest BCUT2D eigenvalue weighted by Crippen LogP contribution is 2.27. The summed E-state index contributed by atoms with van der Waals surface area (Å²) in [5.41, 5.74) is 1.47. The second-order valence-corrected chi connectivity index (χ2v) is 4.21. The molecular formula is C14H10ClFN2O. The van der Waals surface area contributed by atoms with Crippen LogP contribution in [-0.2, 0) is 0 Å². The van der Waals surface area contributed by atoms with E-state index in [1.807, 2.05) is 6.07 Å². The molecule has 19 heavy (non-hydrogen) atoms. The Morgan fingerprint density at radius 1 is 1.26 bits per heavy atom. The van der Waals surface area contributed by atoms with Crippen LogP contribution < -0.4 is 10.1 Å². The zero-order chi connectivity index (χ0) is 13.8. The topological polar surface area (TPSA) is 45.0 Å². The monoisotopic (exact) mass is 276 g/mol. The Hall–Kier alpha value is -2.25. The highest BCUT2D eigenvalue weighted by Gasteiger charge is 2.06. The van der Waals surface area contributed by atoms with E-state index < -0.39 is 5.82 Å². The molecule has 2 aromatic carbocycles. The third-order valence-electron chi connectivity index (χ3n) is 2.53. The van der Waals surface area contributed by atoms with E-state index in [0.717, 1.165) is 0 Å². The predicted octanol–water partition coefficient (Wildman–Crippen LogP) is 4.10. The molecule has 2 rings (SSSR count). The van der Waals surface area contributed by atoms with Crippen LogP contribution in [0.2, 0.25) is 5.02 Å². The van der Waals surface area contributed by atoms with Crippen LogP contribution >= 0.6 is 11.6 Å². The molecule has 0 amide bonds. The van der Waals surface area contributed by atoms with Gasteiger partial charge in [0.1, 0.15) is 6.07 Å². The fourth-order valence-corrected chi connectivity index (χ4v) is 1.79. The largest absolute Gasteiger partial charge is 0.494 e. The van der Waals surface area contributed by atoms with Gasteiger partial charge in [-0.15, -0.1) is 0 Å². The van der Waals surface area contributed by atoms with Crippen LogP contribution in [-0.4, -0.2) is 7.11 Å². The van der Waals surface area contributed by atoms with Gasteiger partial charge in [0, 0.05) is 16.8 Å². The maximum Gasteiger partial charge on any atom is 0.167 e. The summed E-state index contributed by atoms with van der Waals surface area (Å²) in [7, 11) is 1.40. The van der Waals surface area contributed by atoms with Crippen molar-refractivity contribution in [1.29, 1.82) is 5.26 Å². The van der Waals surface area contributed by atoms with Crippen molar-refractivity contribution in [3.63, 3.8) is 0 Å². The number of hydrogen-bond donors (Lipinski definition) is 1. The van der Waals surface area contributed by atoms with Gasteiger partial charge in [0.05, 0.1) is 18.4 Å². The molecular weight excluding hydrogens is 267 g/mol. The van der Waals surface area contributed by atoms with Gasteiger partial charge >= 0.3 is 0 Å². The number of anilines is 2. The summed E-state index contributed by atoms with van der Waals surface area (Å²) in [6.45, 7) is 0. The first-order chi connectivity index (χ1) is 9.13. The second kappa shape index (κ2) is 5.59. The average Bonchev–Trinajstić information content (AvgIpc) is 2.39. The molecule has 0 aliphatic rings. The number of rotatable bonds is 3. The number of hydrogen-bond acceptors (Lipinski definition) is 3. The molecule has 0 aliphatic carbocycles. The smallest absolute Gasteiger partial charge is 0.167 e. The van der Waals surface area contributed by atoms with Crippen LogP contribution in [0.1, 0.15) is 5.56 Å². The minimum atomic E-state index is -0.479. The van der Waals surface area contributed by atoms with Gasteiger partial charge in [-0.25, -0.2) is 4.39 Å². The van der Waals surface area contributed by atoms with Crippen LogP contribution in [0.4, 0.5) is 15.8 Å². The molecule has 0 radical (unpaired) electrons. The van der Waals surface area contributed by atoms with Gasteiger partial charge < -0.3 is 10.1 Å². The van der Waals surface area contributed by atoms with Gasteiger partial charge in [0.2, 0.25) is 0 Å². The molecule has 0 saturated heterocycles. The zero-order valence-corrected chi connectivity index (χ0v) is 10.8. The maximum atomic E-state index is 13.6. The fourth-order valence-electron chi connectivity index (χ4n) is 1.62. The van der Waals surface area contributed by atoms with E-state index in [1.54, 1.807) is 24.3 Å². The molecule has 0 saturated carbocycles. The predicted molar refractivity (Wildman–Crippen MR) is 72.4 cm³/mol. The summed E-state index contributed by atoms with van der Waals surface area (Å²) in [6, 6.07) is 11.3. The molecule has 0 heterocycles. The van der Waals surface area contributed by atoms with Crippen LogP contribution in [0.3, 0.4) is 0 Å². The maximum absolute atomic E-state index is 13.6. The normalized spacial score (nSPS) is 9.79. The van der Waals surface area contributed by atoms with Crippen molar-refractivity contribution in [2.24, 2.45) is 0 Å². The van der Waals surface area contributed by atoms with Crippen molar-refractivity contribution in [3.8, 4) is 11.8 Å². The molecule has 1 N–H and O–H groups in total. The average molecular weight is 277 g/mol. The Morgan fingerprint density at radius 2 is 2.05 bits per heavy atom. The molecule has 5 heteroatoms. The summed E-state index contributed by atoms with van der Waals surface area (Å²) in [6.07, 6.45) is 0. The quantitative estimate of drug-likeness (QED) is 0.918. The van der Waals surface area contributed by atoms with Gasteiger partial charge in [-0.2, -0.15) is 5.26 Å². The highest BCUT2D eigenvalue weighted by molar-refractivity contribution is 6.30. The van der Waals surface area contributed by atoms with Crippen LogP contribution in [0.15, 0.2) is 36.4 Å². The number of methoxy groups -OCH3 is 1. The minimum Gasteiger partial charge on any atom is -0.494 e. The molecule has 0 bridgehead atoms. The Morgan fingerprint density at radius 3 is 2.68 bits per heavy atom. The van der Waals surface area contributed by atoms with Crippen LogP contribution in [0.5, 0.6) is 5.75 Å². The zero-order valence-electron chi connectivity index (χ0n) is 10.1. The summed E-state index contributed by atoms with van der Waals surface area (Å²) in [4.78, 5) is 0. The minimum absolute atomic E-state index is 0.164. The van der Waals surface area contributed by atoms with E-state index in [-0.39, 0.29) is 5.75 Å². The van der Waals surface area contributed by atoms with Crippen molar-refractivity contribution in [3.05, 3.63) is 52.8 Å². The van der Waals surface area contributed by atoms with Gasteiger partial charge in [0.15, 0.2) is 11.6 Å². The van der Waals surface area contributed by atoms with Crippen LogP contribution in [0.25, 0.3) is 0 Å². The van der Waals surface area contributed by atoms with E-state index >= 15 is 0 Å². The van der Waals surface area contributed by atoms with Crippen molar-refractivity contribution in [2.75, 3.05) is 12.4 Å². The number of nitrogens with zero attached hydrogens (tertiary/aromatic N) is 1.